The second-order valence-electron chi connectivity index (χ2n) is 16.5. The molecule has 1 aromatic carbocycles. The van der Waals surface area contributed by atoms with Crippen LogP contribution in [0.2, 0.25) is 0 Å². The van der Waals surface area contributed by atoms with E-state index in [0.717, 1.165) is 19.3 Å². The van der Waals surface area contributed by atoms with Gasteiger partial charge in [0.05, 0.1) is 18.6 Å². The van der Waals surface area contributed by atoms with Gasteiger partial charge < -0.3 is 35.6 Å². The monoisotopic (exact) mass is 812 g/mol. The molecular formula is C39H56F4N6O8. The molecule has 57 heavy (non-hydrogen) atoms. The molecule has 0 bridgehead atoms. The second-order valence-corrected chi connectivity index (χ2v) is 16.5. The van der Waals surface area contributed by atoms with Gasteiger partial charge in [0.15, 0.2) is 0 Å². The number of amides is 5. The molecule has 0 radical (unpaired) electrons. The molecule has 2 aliphatic carbocycles. The Morgan fingerprint density at radius 3 is 2.21 bits per heavy atom. The lowest BCUT2D eigenvalue weighted by Gasteiger charge is -2.38. The Hall–Kier alpha value is -4.32. The molecule has 2 saturated carbocycles. The van der Waals surface area contributed by atoms with Crippen LogP contribution in [0.4, 0.5) is 22.4 Å². The van der Waals surface area contributed by atoms with E-state index in [1.165, 1.54) is 23.9 Å². The van der Waals surface area contributed by atoms with Crippen molar-refractivity contribution in [2.75, 3.05) is 27.2 Å². The number of carbonyl (C=O) groups is 6. The van der Waals surface area contributed by atoms with Gasteiger partial charge in [0.25, 0.3) is 5.91 Å². The number of ketones is 1. The van der Waals surface area contributed by atoms with Gasteiger partial charge >= 0.3 is 6.09 Å². The lowest BCUT2D eigenvalue weighted by molar-refractivity contribution is -0.143. The molecule has 0 spiro atoms. The molecular weight excluding hydrogens is 756 g/mol. The summed E-state index contributed by atoms with van der Waals surface area (Å²) in [5.74, 6) is -9.87. The Balaban J connectivity index is 1.53. The number of aliphatic hydroxyl groups is 1. The minimum atomic E-state index is -3.12. The highest BCUT2D eigenvalue weighted by molar-refractivity contribution is 6.38. The highest BCUT2D eigenvalue weighted by atomic mass is 19.3. The molecule has 18 heteroatoms. The van der Waals surface area contributed by atoms with Gasteiger partial charge in [-0.05, 0) is 63.4 Å². The van der Waals surface area contributed by atoms with Crippen molar-refractivity contribution in [3.05, 3.63) is 35.9 Å². The van der Waals surface area contributed by atoms with Crippen molar-refractivity contribution in [2.24, 2.45) is 17.8 Å². The summed E-state index contributed by atoms with van der Waals surface area (Å²) in [6, 6.07) is 2.84. The number of hydrogen-bond acceptors (Lipinski definition) is 9. The van der Waals surface area contributed by atoms with Gasteiger partial charge in [-0.25, -0.2) is 22.4 Å². The number of carbonyl (C=O) groups excluding carboxylic acids is 6. The Kier molecular flexibility index (Phi) is 15.5. The minimum absolute atomic E-state index is 0.201. The average Bonchev–Trinajstić information content (AvgIpc) is 3.63. The number of ether oxygens (including phenoxy) is 1. The average molecular weight is 813 g/mol. The number of nitrogens with one attached hydrogen (secondary N) is 4. The molecule has 4 rings (SSSR count). The molecule has 318 valence electrons. The smallest absolute Gasteiger partial charge is 0.408 e. The van der Waals surface area contributed by atoms with E-state index >= 15 is 0 Å². The molecule has 3 fully saturated rings. The van der Waals surface area contributed by atoms with Crippen molar-refractivity contribution < 1.29 is 56.2 Å². The molecule has 2 unspecified atom stereocenters. The first-order valence-electron chi connectivity index (χ1n) is 19.4. The highest BCUT2D eigenvalue weighted by Gasteiger charge is 2.58. The largest absolute Gasteiger partial charge is 0.444 e. The van der Waals surface area contributed by atoms with E-state index in [1.54, 1.807) is 51.1 Å². The van der Waals surface area contributed by atoms with E-state index < -0.39 is 128 Å². The van der Waals surface area contributed by atoms with Crippen molar-refractivity contribution in [3.8, 4) is 0 Å². The maximum Gasteiger partial charge on any atom is 0.408 e. The number of alkyl carbamates (subject to hydrolysis) is 1. The van der Waals surface area contributed by atoms with E-state index in [1.807, 2.05) is 0 Å². The van der Waals surface area contributed by atoms with Crippen LogP contribution in [0.5, 0.6) is 0 Å². The summed E-state index contributed by atoms with van der Waals surface area (Å²) in [5.41, 5.74) is -0.445. The summed E-state index contributed by atoms with van der Waals surface area (Å²) in [4.78, 5) is 82.1. The number of hydrogen-bond donors (Lipinski definition) is 5. The van der Waals surface area contributed by atoms with Gasteiger partial charge in [0.1, 0.15) is 23.9 Å². The van der Waals surface area contributed by atoms with Crippen molar-refractivity contribution in [3.63, 3.8) is 0 Å². The predicted octanol–water partition coefficient (Wildman–Crippen LogP) is 3.29. The topological polar surface area (TPSA) is 186 Å². The third-order valence-corrected chi connectivity index (χ3v) is 10.7. The number of fused-ring (bicyclic) bond motifs is 1. The van der Waals surface area contributed by atoms with Crippen molar-refractivity contribution in [1.29, 1.82) is 0 Å². The van der Waals surface area contributed by atoms with Crippen molar-refractivity contribution in [1.82, 2.24) is 31.1 Å². The van der Waals surface area contributed by atoms with Gasteiger partial charge in [-0.2, -0.15) is 0 Å². The molecule has 1 heterocycles. The molecule has 1 aliphatic heterocycles. The number of halogens is 4. The van der Waals surface area contributed by atoms with E-state index in [-0.39, 0.29) is 12.5 Å². The lowest BCUT2D eigenvalue weighted by atomic mass is 9.83. The molecule has 5 N–H and O–H groups in total. The summed E-state index contributed by atoms with van der Waals surface area (Å²) in [7, 11) is 2.97. The zero-order chi connectivity index (χ0) is 42.2. The van der Waals surface area contributed by atoms with Crippen LogP contribution < -0.4 is 21.3 Å². The summed E-state index contributed by atoms with van der Waals surface area (Å²) in [6.07, 6.45) is -4.89. The fourth-order valence-corrected chi connectivity index (χ4v) is 8.13. The van der Waals surface area contributed by atoms with Gasteiger partial charge in [-0.3, -0.25) is 29.3 Å². The normalized spacial score (nSPS) is 22.8. The first-order chi connectivity index (χ1) is 26.7. The highest BCUT2D eigenvalue weighted by Crippen LogP contribution is 2.50. The summed E-state index contributed by atoms with van der Waals surface area (Å²) >= 11 is 0. The summed E-state index contributed by atoms with van der Waals surface area (Å²) < 4.78 is 62.0. The lowest BCUT2D eigenvalue weighted by Crippen LogP contribution is -2.61. The number of likely N-dealkylation sites (N-methyl/N-ethyl adjacent to an activating group) is 1. The second kappa shape index (κ2) is 19.4. The Morgan fingerprint density at radius 2 is 1.61 bits per heavy atom. The van der Waals surface area contributed by atoms with Gasteiger partial charge in [-0.1, -0.05) is 49.6 Å². The quantitative estimate of drug-likeness (QED) is 0.0950. The summed E-state index contributed by atoms with van der Waals surface area (Å²) in [5, 5.41) is 21.5. The Labute approximate surface area is 330 Å². The number of Topliss-reactive ketones (excluding diaryl/α,β-unsaturated/α-hetero) is 1. The van der Waals surface area contributed by atoms with Crippen LogP contribution in [-0.4, -0.2) is 120 Å². The van der Waals surface area contributed by atoms with Crippen LogP contribution in [-0.2, 0) is 28.7 Å². The van der Waals surface area contributed by atoms with Crippen molar-refractivity contribution >= 4 is 35.5 Å². The van der Waals surface area contributed by atoms with E-state index in [0.29, 0.717) is 18.4 Å². The van der Waals surface area contributed by atoms with E-state index in [9.17, 15) is 51.4 Å². The number of aliphatic hydroxyl groups excluding tert-OH is 1. The van der Waals surface area contributed by atoms with Crippen LogP contribution in [0.25, 0.3) is 0 Å². The van der Waals surface area contributed by atoms with Crippen molar-refractivity contribution in [2.45, 2.75) is 127 Å². The van der Waals surface area contributed by atoms with Crippen LogP contribution in [0.15, 0.2) is 30.3 Å². The molecule has 14 nitrogen and oxygen atoms in total. The maximum absolute atomic E-state index is 14.8. The first kappa shape index (κ1) is 45.4. The predicted molar refractivity (Wildman–Crippen MR) is 199 cm³/mol. The van der Waals surface area contributed by atoms with Crippen LogP contribution in [0.3, 0.4) is 0 Å². The number of nitrogens with zero attached hydrogens (tertiary/aromatic N) is 2. The number of rotatable bonds is 16. The molecule has 1 saturated heterocycles. The standard InChI is InChI=1S/C39H56F4N6O8/c1-38(2,3)57-37(56)47-30(23-14-10-7-11-15-23)36(55)49-21-24-18-39(42,43)19-25(24)31(49)33(52)45-26(16-17-27(40)41)32(51)34(53)44-20-28(50)46-29(35(54)48(4)5)22-12-8-6-9-13-22/h6,8-9,12-13,23-27,29-31,33,45,52H,7,10-11,14-21H2,1-5H3,(H,44,53)(H,46,50)(H,47,56)/t24-,25-,26?,29-,30-,31-,33?/m0/s1. The minimum Gasteiger partial charge on any atom is -0.444 e. The molecule has 7 atom stereocenters. The summed E-state index contributed by atoms with van der Waals surface area (Å²) in [6.45, 7) is 3.98. The van der Waals surface area contributed by atoms with Crippen LogP contribution >= 0.6 is 0 Å². The van der Waals surface area contributed by atoms with Gasteiger partial charge in [0.2, 0.25) is 35.9 Å². The molecule has 5 amide bonds. The fraction of sp³-hybridized carbons (Fsp3) is 0.692. The van der Waals surface area contributed by atoms with E-state index in [2.05, 4.69) is 21.3 Å². The van der Waals surface area contributed by atoms with E-state index in [4.69, 9.17) is 4.74 Å². The number of likely N-dealkylation sites (tertiary alicyclic amines) is 1. The third kappa shape index (κ3) is 12.6. The first-order valence-corrected chi connectivity index (χ1v) is 19.4. The van der Waals surface area contributed by atoms with Crippen LogP contribution in [0, 0.1) is 17.8 Å². The third-order valence-electron chi connectivity index (χ3n) is 10.7. The molecule has 0 aromatic heterocycles. The fourth-order valence-electron chi connectivity index (χ4n) is 8.13. The Morgan fingerprint density at radius 1 is 0.965 bits per heavy atom. The zero-order valence-corrected chi connectivity index (χ0v) is 33.1. The Bertz CT molecular complexity index is 1590. The van der Waals surface area contributed by atoms with Gasteiger partial charge in [-0.15, -0.1) is 0 Å². The van der Waals surface area contributed by atoms with Gasteiger partial charge in [0, 0.05) is 39.9 Å². The molecule has 1 aromatic rings. The number of benzene rings is 1. The SMILES string of the molecule is CN(C)C(=O)[C@@H](NC(=O)CNC(=O)C(=O)C(CCC(F)F)NC(O)[C@@H]1[C@H]2CC(F)(F)C[C@H]2CN1C(=O)[C@@H](NC(=O)OC(C)(C)C)C1CCCCC1)c1ccccc1. The maximum atomic E-state index is 14.8. The molecule has 3 aliphatic rings. The zero-order valence-electron chi connectivity index (χ0n) is 33.1. The van der Waals surface area contributed by atoms with Crippen LogP contribution in [0.1, 0.15) is 90.2 Å². The number of alkyl halides is 4.